The van der Waals surface area contributed by atoms with E-state index in [1.54, 1.807) is 6.26 Å². The monoisotopic (exact) mass is 201 g/mol. The fourth-order valence-corrected chi connectivity index (χ4v) is 1.35. The lowest BCUT2D eigenvalue weighted by molar-refractivity contribution is 0.369. The van der Waals surface area contributed by atoms with E-state index in [4.69, 9.17) is 4.42 Å². The van der Waals surface area contributed by atoms with Crippen molar-refractivity contribution in [3.8, 4) is 0 Å². The number of hydrogen-bond acceptors (Lipinski definition) is 2. The molecule has 0 amide bonds. The summed E-state index contributed by atoms with van der Waals surface area (Å²) in [5.74, 6) is 1.69. The molecule has 0 atom stereocenters. The molecule has 54 valence electrons. The van der Waals surface area contributed by atoms with Gasteiger partial charge in [-0.3, -0.25) is 0 Å². The van der Waals surface area contributed by atoms with E-state index in [2.05, 4.69) is 21.2 Å². The minimum atomic E-state index is 0.603. The van der Waals surface area contributed by atoms with Crippen LogP contribution in [0.3, 0.4) is 0 Å². The molecule has 2 heterocycles. The van der Waals surface area contributed by atoms with E-state index in [1.165, 1.54) is 0 Å². The van der Waals surface area contributed by atoms with Gasteiger partial charge in [-0.2, -0.15) is 0 Å². The van der Waals surface area contributed by atoms with Crippen molar-refractivity contribution in [2.24, 2.45) is 0 Å². The maximum Gasteiger partial charge on any atom is 0.110 e. The molecule has 0 bridgehead atoms. The molecule has 0 radical (unpaired) electrons. The fraction of sp³-hybridized carbons (Fsp3) is 0.429. The summed E-state index contributed by atoms with van der Waals surface area (Å²) in [6.07, 6.45) is 1.73. The van der Waals surface area contributed by atoms with E-state index in [0.29, 0.717) is 5.92 Å². The number of halogens is 1. The van der Waals surface area contributed by atoms with Gasteiger partial charge in [0, 0.05) is 19.0 Å². The second-order valence-electron chi connectivity index (χ2n) is 2.52. The van der Waals surface area contributed by atoms with Crippen LogP contribution >= 0.6 is 15.9 Å². The molecule has 0 saturated carbocycles. The Morgan fingerprint density at radius 1 is 1.60 bits per heavy atom. The van der Waals surface area contributed by atoms with Crippen LogP contribution in [-0.4, -0.2) is 13.1 Å². The minimum absolute atomic E-state index is 0.603. The van der Waals surface area contributed by atoms with E-state index >= 15 is 0 Å². The first-order chi connectivity index (χ1) is 4.86. The molecule has 1 aliphatic rings. The topological polar surface area (TPSA) is 25.2 Å². The predicted molar refractivity (Wildman–Crippen MR) is 42.0 cm³/mol. The Morgan fingerprint density at radius 3 is 2.80 bits per heavy atom. The molecule has 2 rings (SSSR count). The smallest absolute Gasteiger partial charge is 0.110 e. The van der Waals surface area contributed by atoms with Crippen LogP contribution in [0.25, 0.3) is 0 Å². The lowest BCUT2D eigenvalue weighted by atomic mass is 10.0. The van der Waals surface area contributed by atoms with Gasteiger partial charge >= 0.3 is 0 Å². The minimum Gasteiger partial charge on any atom is -0.468 e. The predicted octanol–water partition coefficient (Wildman–Crippen LogP) is 1.73. The van der Waals surface area contributed by atoms with Crippen LogP contribution in [0, 0.1) is 0 Å². The molecule has 0 aromatic carbocycles. The quantitative estimate of drug-likeness (QED) is 0.750. The summed E-state index contributed by atoms with van der Waals surface area (Å²) in [5, 5.41) is 3.19. The summed E-state index contributed by atoms with van der Waals surface area (Å²) in [7, 11) is 0. The van der Waals surface area contributed by atoms with Gasteiger partial charge in [-0.1, -0.05) is 0 Å². The van der Waals surface area contributed by atoms with Crippen molar-refractivity contribution in [1.29, 1.82) is 0 Å². The molecule has 1 aromatic heterocycles. The molecule has 3 heteroatoms. The van der Waals surface area contributed by atoms with Crippen molar-refractivity contribution in [3.63, 3.8) is 0 Å². The van der Waals surface area contributed by atoms with Crippen molar-refractivity contribution in [2.75, 3.05) is 13.1 Å². The van der Waals surface area contributed by atoms with E-state index in [9.17, 15) is 0 Å². The normalized spacial score (nSPS) is 18.9. The SMILES string of the molecule is Brc1coc(C2CNC2)c1. The first kappa shape index (κ1) is 6.43. The van der Waals surface area contributed by atoms with E-state index in [1.807, 2.05) is 6.07 Å². The zero-order valence-corrected chi connectivity index (χ0v) is 7.02. The van der Waals surface area contributed by atoms with Crippen LogP contribution in [-0.2, 0) is 0 Å². The van der Waals surface area contributed by atoms with Gasteiger partial charge < -0.3 is 9.73 Å². The van der Waals surface area contributed by atoms with Gasteiger partial charge in [-0.15, -0.1) is 0 Å². The van der Waals surface area contributed by atoms with Gasteiger partial charge in [0.05, 0.1) is 4.47 Å². The van der Waals surface area contributed by atoms with Crippen molar-refractivity contribution < 1.29 is 4.42 Å². The Kier molecular flexibility index (Phi) is 1.54. The Hall–Kier alpha value is -0.280. The number of hydrogen-bond donors (Lipinski definition) is 1. The third-order valence-electron chi connectivity index (χ3n) is 1.77. The summed E-state index contributed by atoms with van der Waals surface area (Å²) >= 11 is 3.34. The van der Waals surface area contributed by atoms with Crippen LogP contribution in [0.5, 0.6) is 0 Å². The lowest BCUT2D eigenvalue weighted by Crippen LogP contribution is -2.39. The average molecular weight is 202 g/mol. The molecule has 1 aliphatic heterocycles. The molecule has 0 unspecified atom stereocenters. The number of nitrogens with one attached hydrogen (secondary N) is 1. The molecule has 10 heavy (non-hydrogen) atoms. The summed E-state index contributed by atoms with van der Waals surface area (Å²) in [4.78, 5) is 0. The Balaban J connectivity index is 2.17. The van der Waals surface area contributed by atoms with Gasteiger partial charge in [-0.25, -0.2) is 0 Å². The first-order valence-electron chi connectivity index (χ1n) is 3.31. The third-order valence-corrected chi connectivity index (χ3v) is 2.19. The highest BCUT2D eigenvalue weighted by Crippen LogP contribution is 2.24. The van der Waals surface area contributed by atoms with Gasteiger partial charge in [0.15, 0.2) is 0 Å². The Morgan fingerprint density at radius 2 is 2.40 bits per heavy atom. The standard InChI is InChI=1S/C7H8BrNO/c8-6-1-7(10-4-6)5-2-9-3-5/h1,4-5,9H,2-3H2. The number of furan rings is 1. The van der Waals surface area contributed by atoms with E-state index in [-0.39, 0.29) is 0 Å². The van der Waals surface area contributed by atoms with Gasteiger partial charge in [0.1, 0.15) is 12.0 Å². The second-order valence-corrected chi connectivity index (χ2v) is 3.44. The highest BCUT2D eigenvalue weighted by atomic mass is 79.9. The largest absolute Gasteiger partial charge is 0.468 e. The molecular weight excluding hydrogens is 194 g/mol. The zero-order valence-electron chi connectivity index (χ0n) is 5.43. The Labute approximate surface area is 67.7 Å². The van der Waals surface area contributed by atoms with Crippen molar-refractivity contribution in [2.45, 2.75) is 5.92 Å². The third kappa shape index (κ3) is 0.995. The highest BCUT2D eigenvalue weighted by Gasteiger charge is 2.21. The van der Waals surface area contributed by atoms with Crippen molar-refractivity contribution >= 4 is 15.9 Å². The maximum atomic E-state index is 5.28. The summed E-state index contributed by atoms with van der Waals surface area (Å²) in [5.41, 5.74) is 0. The molecule has 1 saturated heterocycles. The van der Waals surface area contributed by atoms with Gasteiger partial charge in [0.25, 0.3) is 0 Å². The first-order valence-corrected chi connectivity index (χ1v) is 4.10. The molecular formula is C7H8BrNO. The Bertz CT molecular complexity index is 229. The molecule has 2 nitrogen and oxygen atoms in total. The van der Waals surface area contributed by atoms with Crippen LogP contribution in [0.15, 0.2) is 21.2 Å². The van der Waals surface area contributed by atoms with Gasteiger partial charge in [-0.05, 0) is 22.0 Å². The maximum absolute atomic E-state index is 5.28. The van der Waals surface area contributed by atoms with Crippen LogP contribution in [0.4, 0.5) is 0 Å². The summed E-state index contributed by atoms with van der Waals surface area (Å²) in [6.45, 7) is 2.11. The van der Waals surface area contributed by atoms with Gasteiger partial charge in [0.2, 0.25) is 0 Å². The molecule has 1 N–H and O–H groups in total. The van der Waals surface area contributed by atoms with Crippen LogP contribution < -0.4 is 5.32 Å². The van der Waals surface area contributed by atoms with Crippen molar-refractivity contribution in [3.05, 3.63) is 22.6 Å². The fourth-order valence-electron chi connectivity index (χ4n) is 1.03. The van der Waals surface area contributed by atoms with Crippen LogP contribution in [0.2, 0.25) is 0 Å². The van der Waals surface area contributed by atoms with E-state index < -0.39 is 0 Å². The highest BCUT2D eigenvalue weighted by molar-refractivity contribution is 9.10. The zero-order chi connectivity index (χ0) is 6.97. The van der Waals surface area contributed by atoms with Crippen LogP contribution in [0.1, 0.15) is 11.7 Å². The molecule has 1 fully saturated rings. The number of rotatable bonds is 1. The molecule has 0 aliphatic carbocycles. The van der Waals surface area contributed by atoms with Crippen molar-refractivity contribution in [1.82, 2.24) is 5.32 Å². The lowest BCUT2D eigenvalue weighted by Gasteiger charge is -2.24. The summed E-state index contributed by atoms with van der Waals surface area (Å²) in [6, 6.07) is 2.03. The summed E-state index contributed by atoms with van der Waals surface area (Å²) < 4.78 is 6.32. The molecule has 0 spiro atoms. The molecule has 1 aromatic rings. The second kappa shape index (κ2) is 2.40. The average Bonchev–Trinajstić information content (AvgIpc) is 2.10. The van der Waals surface area contributed by atoms with E-state index in [0.717, 1.165) is 23.3 Å².